The Morgan fingerprint density at radius 1 is 1.45 bits per heavy atom. The molecule has 1 saturated heterocycles. The molecule has 0 spiro atoms. The van der Waals surface area contributed by atoms with Crippen molar-refractivity contribution in [1.82, 2.24) is 4.90 Å². The summed E-state index contributed by atoms with van der Waals surface area (Å²) in [5.74, 6) is 0.876. The number of carbonyl (C=O) groups excluding carboxylic acids is 1. The van der Waals surface area contributed by atoms with Crippen LogP contribution in [0.5, 0.6) is 5.75 Å². The Morgan fingerprint density at radius 3 is 2.75 bits per heavy atom. The Labute approximate surface area is 120 Å². The molecule has 0 aromatic heterocycles. The summed E-state index contributed by atoms with van der Waals surface area (Å²) in [6.45, 7) is 5.58. The first kappa shape index (κ1) is 14.9. The van der Waals surface area contributed by atoms with Crippen LogP contribution in [0.3, 0.4) is 0 Å². The van der Waals surface area contributed by atoms with Gasteiger partial charge in [0.25, 0.3) is 5.91 Å². The van der Waals surface area contributed by atoms with Gasteiger partial charge in [0.15, 0.2) is 0 Å². The molecule has 20 heavy (non-hydrogen) atoms. The third-order valence-electron chi connectivity index (χ3n) is 3.76. The number of carbonyl (C=O) groups is 1. The molecular weight excluding hydrogens is 252 g/mol. The topological polar surface area (TPSA) is 55.6 Å². The number of nitrogens with two attached hydrogens (primary N) is 1. The van der Waals surface area contributed by atoms with Gasteiger partial charge in [-0.15, -0.1) is 0 Å². The number of rotatable bonds is 4. The third kappa shape index (κ3) is 3.73. The van der Waals surface area contributed by atoms with Crippen LogP contribution in [-0.2, 0) is 0 Å². The van der Waals surface area contributed by atoms with E-state index in [0.717, 1.165) is 31.6 Å². The summed E-state index contributed by atoms with van der Waals surface area (Å²) < 4.78 is 5.72. The first-order valence-electron chi connectivity index (χ1n) is 7.41. The molecular formula is C16H24N2O2. The average Bonchev–Trinajstić information content (AvgIpc) is 2.47. The number of likely N-dealkylation sites (tertiary alicyclic amines) is 1. The zero-order chi connectivity index (χ0) is 14.5. The fraction of sp³-hybridized carbons (Fsp3) is 0.562. The summed E-state index contributed by atoms with van der Waals surface area (Å²) in [4.78, 5) is 14.2. The van der Waals surface area contributed by atoms with Gasteiger partial charge in [-0.3, -0.25) is 4.79 Å². The van der Waals surface area contributed by atoms with Gasteiger partial charge in [-0.2, -0.15) is 0 Å². The van der Waals surface area contributed by atoms with Gasteiger partial charge >= 0.3 is 0 Å². The van der Waals surface area contributed by atoms with Crippen LogP contribution >= 0.6 is 0 Å². The van der Waals surface area contributed by atoms with E-state index in [-0.39, 0.29) is 18.1 Å². The van der Waals surface area contributed by atoms with Crippen molar-refractivity contribution in [2.45, 2.75) is 45.3 Å². The predicted molar refractivity (Wildman–Crippen MR) is 79.9 cm³/mol. The molecule has 2 atom stereocenters. The molecule has 110 valence electrons. The van der Waals surface area contributed by atoms with Crippen molar-refractivity contribution in [2.75, 3.05) is 13.1 Å². The van der Waals surface area contributed by atoms with Crippen molar-refractivity contribution in [2.24, 2.45) is 5.73 Å². The smallest absolute Gasteiger partial charge is 0.253 e. The van der Waals surface area contributed by atoms with Crippen LogP contribution < -0.4 is 10.5 Å². The monoisotopic (exact) mass is 276 g/mol. The lowest BCUT2D eigenvalue weighted by Gasteiger charge is -2.30. The van der Waals surface area contributed by atoms with Gasteiger partial charge in [-0.05, 0) is 50.5 Å². The second-order valence-electron chi connectivity index (χ2n) is 5.51. The fourth-order valence-corrected chi connectivity index (χ4v) is 2.37. The lowest BCUT2D eigenvalue weighted by molar-refractivity contribution is 0.0709. The van der Waals surface area contributed by atoms with Crippen molar-refractivity contribution in [3.05, 3.63) is 29.8 Å². The highest BCUT2D eigenvalue weighted by Gasteiger charge is 2.22. The maximum atomic E-state index is 12.4. The molecule has 4 nitrogen and oxygen atoms in total. The van der Waals surface area contributed by atoms with Crippen LogP contribution in [0, 0.1) is 0 Å². The van der Waals surface area contributed by atoms with Crippen LogP contribution in [0.2, 0.25) is 0 Å². The van der Waals surface area contributed by atoms with Crippen LogP contribution in [0.4, 0.5) is 0 Å². The number of nitrogens with zero attached hydrogens (tertiary/aromatic N) is 1. The van der Waals surface area contributed by atoms with Gasteiger partial charge in [-0.25, -0.2) is 0 Å². The summed E-state index contributed by atoms with van der Waals surface area (Å²) in [5.41, 5.74) is 6.63. The van der Waals surface area contributed by atoms with Gasteiger partial charge in [0.05, 0.1) is 6.10 Å². The molecule has 0 bridgehead atoms. The highest BCUT2D eigenvalue weighted by atomic mass is 16.5. The normalized spacial score (nSPS) is 20.6. The minimum absolute atomic E-state index is 0.0650. The second kappa shape index (κ2) is 6.75. The largest absolute Gasteiger partial charge is 0.491 e. The number of benzene rings is 1. The Morgan fingerprint density at radius 2 is 2.15 bits per heavy atom. The summed E-state index contributed by atoms with van der Waals surface area (Å²) in [5, 5.41) is 0. The lowest BCUT2D eigenvalue weighted by atomic mass is 10.1. The molecule has 0 saturated carbocycles. The molecule has 1 fully saturated rings. The van der Waals surface area contributed by atoms with Gasteiger partial charge in [0.1, 0.15) is 5.75 Å². The predicted octanol–water partition coefficient (Wildman–Crippen LogP) is 2.43. The van der Waals surface area contributed by atoms with E-state index in [1.54, 1.807) is 0 Å². The van der Waals surface area contributed by atoms with Crippen LogP contribution in [0.25, 0.3) is 0 Å². The van der Waals surface area contributed by atoms with Gasteiger partial charge in [0.2, 0.25) is 0 Å². The van der Waals surface area contributed by atoms with E-state index >= 15 is 0 Å². The quantitative estimate of drug-likeness (QED) is 0.919. The molecule has 1 aliphatic rings. The average molecular weight is 276 g/mol. The van der Waals surface area contributed by atoms with Crippen LogP contribution in [0.15, 0.2) is 24.3 Å². The maximum Gasteiger partial charge on any atom is 0.253 e. The highest BCUT2D eigenvalue weighted by Crippen LogP contribution is 2.17. The fourth-order valence-electron chi connectivity index (χ4n) is 2.37. The Kier molecular flexibility index (Phi) is 5.01. The van der Waals surface area contributed by atoms with Crippen molar-refractivity contribution in [3.8, 4) is 5.75 Å². The maximum absolute atomic E-state index is 12.4. The molecule has 1 aliphatic heterocycles. The van der Waals surface area contributed by atoms with Crippen molar-refractivity contribution in [3.63, 3.8) is 0 Å². The minimum Gasteiger partial charge on any atom is -0.491 e. The Hall–Kier alpha value is -1.55. The molecule has 2 unspecified atom stereocenters. The van der Waals surface area contributed by atoms with Gasteiger partial charge < -0.3 is 15.4 Å². The summed E-state index contributed by atoms with van der Waals surface area (Å²) in [6, 6.07) is 7.51. The number of hydrogen-bond acceptors (Lipinski definition) is 3. The van der Waals surface area contributed by atoms with Crippen molar-refractivity contribution in [1.29, 1.82) is 0 Å². The van der Waals surface area contributed by atoms with Gasteiger partial charge in [-0.1, -0.05) is 6.92 Å². The number of ether oxygens (including phenoxy) is 1. The van der Waals surface area contributed by atoms with E-state index in [2.05, 4.69) is 6.92 Å². The van der Waals surface area contributed by atoms with E-state index in [0.29, 0.717) is 12.1 Å². The third-order valence-corrected chi connectivity index (χ3v) is 3.76. The lowest BCUT2D eigenvalue weighted by Crippen LogP contribution is -2.45. The molecule has 0 aliphatic carbocycles. The van der Waals surface area contributed by atoms with Crippen molar-refractivity contribution < 1.29 is 9.53 Å². The SMILES string of the molecule is CCC(C)Oc1ccc(C(=O)N2CCCC(N)C2)cc1. The number of amides is 1. The molecule has 1 aromatic carbocycles. The Balaban J connectivity index is 2.00. The summed E-state index contributed by atoms with van der Waals surface area (Å²) >= 11 is 0. The minimum atomic E-state index is 0.0650. The van der Waals surface area contributed by atoms with Crippen LogP contribution in [0.1, 0.15) is 43.5 Å². The van der Waals surface area contributed by atoms with Gasteiger partial charge in [0, 0.05) is 24.7 Å². The standard InChI is InChI=1S/C16H24N2O2/c1-3-12(2)20-15-8-6-13(7-9-15)16(19)18-10-4-5-14(17)11-18/h6-9,12,14H,3-5,10-11,17H2,1-2H3. The molecule has 2 rings (SSSR count). The first-order chi connectivity index (χ1) is 9.60. The van der Waals surface area contributed by atoms with E-state index in [1.165, 1.54) is 0 Å². The van der Waals surface area contributed by atoms with E-state index in [1.807, 2.05) is 36.1 Å². The van der Waals surface area contributed by atoms with Crippen molar-refractivity contribution >= 4 is 5.91 Å². The van der Waals surface area contributed by atoms with E-state index in [9.17, 15) is 4.79 Å². The zero-order valence-corrected chi connectivity index (χ0v) is 12.3. The number of hydrogen-bond donors (Lipinski definition) is 1. The second-order valence-corrected chi connectivity index (χ2v) is 5.51. The molecule has 0 radical (unpaired) electrons. The molecule has 1 heterocycles. The summed E-state index contributed by atoms with van der Waals surface area (Å²) in [7, 11) is 0. The molecule has 2 N–H and O–H groups in total. The molecule has 4 heteroatoms. The van der Waals surface area contributed by atoms with E-state index in [4.69, 9.17) is 10.5 Å². The first-order valence-corrected chi connectivity index (χ1v) is 7.41. The van der Waals surface area contributed by atoms with E-state index < -0.39 is 0 Å². The number of piperidine rings is 1. The Bertz CT molecular complexity index is 444. The molecule has 1 aromatic rings. The van der Waals surface area contributed by atoms with Crippen LogP contribution in [-0.4, -0.2) is 36.0 Å². The summed E-state index contributed by atoms with van der Waals surface area (Å²) in [6.07, 6.45) is 3.15. The highest BCUT2D eigenvalue weighted by molar-refractivity contribution is 5.94. The molecule has 1 amide bonds. The zero-order valence-electron chi connectivity index (χ0n) is 12.3.